The largest absolute Gasteiger partial charge is 0.491 e. The fourth-order valence-electron chi connectivity index (χ4n) is 1.98. The minimum absolute atomic E-state index is 0.0774. The molecule has 0 aliphatic heterocycles. The van der Waals surface area contributed by atoms with Crippen LogP contribution >= 0.6 is 22.9 Å². The number of nitrogens with one attached hydrogen (secondary N) is 1. The molecule has 0 saturated heterocycles. The smallest absolute Gasteiger partial charge is 0.224 e. The highest BCUT2D eigenvalue weighted by atomic mass is 35.5. The van der Waals surface area contributed by atoms with Crippen molar-refractivity contribution in [1.82, 2.24) is 0 Å². The van der Waals surface area contributed by atoms with Crippen molar-refractivity contribution in [2.75, 3.05) is 11.9 Å². The SMILES string of the molecule is CC(C)COc1ccccc1NC(=O)CCC(=O)c1ccc(Cl)s1. The number of amides is 1. The fourth-order valence-corrected chi connectivity index (χ4v) is 2.99. The molecule has 1 heterocycles. The van der Waals surface area contributed by atoms with E-state index < -0.39 is 0 Å². The van der Waals surface area contributed by atoms with Crippen LogP contribution in [0.25, 0.3) is 0 Å². The first-order chi connectivity index (χ1) is 11.5. The molecule has 0 fully saturated rings. The van der Waals surface area contributed by atoms with Gasteiger partial charge in [0.25, 0.3) is 0 Å². The van der Waals surface area contributed by atoms with E-state index in [-0.39, 0.29) is 24.5 Å². The fraction of sp³-hybridized carbons (Fsp3) is 0.333. The summed E-state index contributed by atoms with van der Waals surface area (Å²) in [7, 11) is 0. The maximum Gasteiger partial charge on any atom is 0.224 e. The molecular weight excluding hydrogens is 346 g/mol. The average molecular weight is 366 g/mol. The number of carbonyl (C=O) groups is 2. The number of rotatable bonds is 8. The van der Waals surface area contributed by atoms with Crippen molar-refractivity contribution in [3.63, 3.8) is 0 Å². The van der Waals surface area contributed by atoms with Gasteiger partial charge >= 0.3 is 0 Å². The lowest BCUT2D eigenvalue weighted by Gasteiger charge is -2.13. The van der Waals surface area contributed by atoms with E-state index in [2.05, 4.69) is 19.2 Å². The van der Waals surface area contributed by atoms with Gasteiger partial charge in [-0.05, 0) is 30.2 Å². The third-order valence-corrected chi connectivity index (χ3v) is 4.43. The minimum atomic E-state index is -0.216. The van der Waals surface area contributed by atoms with Crippen molar-refractivity contribution in [1.29, 1.82) is 0 Å². The van der Waals surface area contributed by atoms with E-state index >= 15 is 0 Å². The third-order valence-electron chi connectivity index (χ3n) is 3.16. The Labute approximate surface area is 150 Å². The number of hydrogen-bond acceptors (Lipinski definition) is 4. The molecule has 128 valence electrons. The maximum atomic E-state index is 12.1. The van der Waals surface area contributed by atoms with E-state index in [1.807, 2.05) is 18.2 Å². The van der Waals surface area contributed by atoms with Crippen LogP contribution in [0.5, 0.6) is 5.75 Å². The summed E-state index contributed by atoms with van der Waals surface area (Å²) in [4.78, 5) is 24.7. The number of carbonyl (C=O) groups excluding carboxylic acids is 2. The highest BCUT2D eigenvalue weighted by molar-refractivity contribution is 7.18. The van der Waals surface area contributed by atoms with Crippen LogP contribution in [-0.4, -0.2) is 18.3 Å². The van der Waals surface area contributed by atoms with Gasteiger partial charge in [0.15, 0.2) is 5.78 Å². The monoisotopic (exact) mass is 365 g/mol. The Morgan fingerprint density at radius 1 is 1.17 bits per heavy atom. The Balaban J connectivity index is 1.89. The third kappa shape index (κ3) is 5.65. The van der Waals surface area contributed by atoms with Crippen molar-refractivity contribution in [2.24, 2.45) is 5.92 Å². The molecule has 1 amide bonds. The number of hydrogen-bond donors (Lipinski definition) is 1. The Morgan fingerprint density at radius 2 is 1.92 bits per heavy atom. The maximum absolute atomic E-state index is 12.1. The number of ketones is 1. The van der Waals surface area contributed by atoms with Crippen LogP contribution in [0, 0.1) is 5.92 Å². The number of anilines is 1. The van der Waals surface area contributed by atoms with Crippen molar-refractivity contribution >= 4 is 40.3 Å². The number of thiophene rings is 1. The number of ether oxygens (including phenoxy) is 1. The summed E-state index contributed by atoms with van der Waals surface area (Å²) in [5.74, 6) is 0.734. The van der Waals surface area contributed by atoms with Gasteiger partial charge in [-0.25, -0.2) is 0 Å². The molecule has 0 radical (unpaired) electrons. The van der Waals surface area contributed by atoms with Crippen molar-refractivity contribution < 1.29 is 14.3 Å². The van der Waals surface area contributed by atoms with Crippen molar-refractivity contribution in [3.05, 3.63) is 45.6 Å². The van der Waals surface area contributed by atoms with Crippen LogP contribution in [0.3, 0.4) is 0 Å². The van der Waals surface area contributed by atoms with Gasteiger partial charge in [-0.1, -0.05) is 37.6 Å². The van der Waals surface area contributed by atoms with Gasteiger partial charge in [0.1, 0.15) is 5.75 Å². The first-order valence-electron chi connectivity index (χ1n) is 7.76. The Kier molecular flexibility index (Phi) is 6.82. The zero-order chi connectivity index (χ0) is 17.5. The minimum Gasteiger partial charge on any atom is -0.491 e. The summed E-state index contributed by atoms with van der Waals surface area (Å²) in [6.45, 7) is 4.69. The van der Waals surface area contributed by atoms with Crippen LogP contribution in [0.15, 0.2) is 36.4 Å². The summed E-state index contributed by atoms with van der Waals surface area (Å²) in [6, 6.07) is 10.7. The summed E-state index contributed by atoms with van der Waals surface area (Å²) >= 11 is 7.04. The van der Waals surface area contributed by atoms with Crippen LogP contribution in [0.2, 0.25) is 4.34 Å². The summed E-state index contributed by atoms with van der Waals surface area (Å²) < 4.78 is 6.27. The molecule has 0 unspecified atom stereocenters. The first kappa shape index (κ1) is 18.5. The Hall–Kier alpha value is -1.85. The van der Waals surface area contributed by atoms with Gasteiger partial charge in [-0.3, -0.25) is 9.59 Å². The molecule has 6 heteroatoms. The Morgan fingerprint density at radius 3 is 2.58 bits per heavy atom. The molecule has 0 saturated carbocycles. The van der Waals surface area contributed by atoms with E-state index in [9.17, 15) is 9.59 Å². The van der Waals surface area contributed by atoms with Gasteiger partial charge in [0.05, 0.1) is 21.5 Å². The average Bonchev–Trinajstić information content (AvgIpc) is 2.98. The van der Waals surface area contributed by atoms with E-state index in [0.29, 0.717) is 33.2 Å². The molecule has 0 atom stereocenters. The predicted octanol–water partition coefficient (Wildman–Crippen LogP) is 5.04. The molecule has 2 aromatic rings. The number of benzene rings is 1. The second-order valence-electron chi connectivity index (χ2n) is 5.78. The van der Waals surface area contributed by atoms with Gasteiger partial charge in [-0.2, -0.15) is 0 Å². The summed E-state index contributed by atoms with van der Waals surface area (Å²) in [6.07, 6.45) is 0.268. The highest BCUT2D eigenvalue weighted by Gasteiger charge is 2.13. The molecular formula is C18H20ClNO3S. The second kappa shape index (κ2) is 8.85. The van der Waals surface area contributed by atoms with Crippen LogP contribution < -0.4 is 10.1 Å². The molecule has 0 bridgehead atoms. The molecule has 4 nitrogen and oxygen atoms in total. The van der Waals surface area contributed by atoms with Crippen molar-refractivity contribution in [2.45, 2.75) is 26.7 Å². The van der Waals surface area contributed by atoms with Gasteiger partial charge in [0.2, 0.25) is 5.91 Å². The van der Waals surface area contributed by atoms with Gasteiger partial charge in [0, 0.05) is 12.8 Å². The molecule has 0 aliphatic rings. The topological polar surface area (TPSA) is 55.4 Å². The van der Waals surface area contributed by atoms with Crippen LogP contribution in [0.4, 0.5) is 5.69 Å². The molecule has 1 aromatic carbocycles. The molecule has 2 rings (SSSR count). The van der Waals surface area contributed by atoms with E-state index in [1.165, 1.54) is 11.3 Å². The number of Topliss-reactive ketones (excluding diaryl/α,β-unsaturated/α-hetero) is 1. The van der Waals surface area contributed by atoms with Crippen LogP contribution in [-0.2, 0) is 4.79 Å². The van der Waals surface area contributed by atoms with Gasteiger partial charge < -0.3 is 10.1 Å². The van der Waals surface area contributed by atoms with Crippen molar-refractivity contribution in [3.8, 4) is 5.75 Å². The lowest BCUT2D eigenvalue weighted by atomic mass is 10.2. The zero-order valence-electron chi connectivity index (χ0n) is 13.7. The van der Waals surface area contributed by atoms with E-state index in [0.717, 1.165) is 0 Å². The first-order valence-corrected chi connectivity index (χ1v) is 8.95. The normalized spacial score (nSPS) is 10.7. The summed E-state index contributed by atoms with van der Waals surface area (Å²) in [5.41, 5.74) is 0.620. The zero-order valence-corrected chi connectivity index (χ0v) is 15.2. The predicted molar refractivity (Wildman–Crippen MR) is 98.3 cm³/mol. The summed E-state index contributed by atoms with van der Waals surface area (Å²) in [5, 5.41) is 2.81. The molecule has 24 heavy (non-hydrogen) atoms. The van der Waals surface area contributed by atoms with E-state index in [1.54, 1.807) is 18.2 Å². The quantitative estimate of drug-likeness (QED) is 0.667. The number of para-hydroxylation sites is 2. The Bertz CT molecular complexity index is 712. The van der Waals surface area contributed by atoms with E-state index in [4.69, 9.17) is 16.3 Å². The molecule has 1 aromatic heterocycles. The second-order valence-corrected chi connectivity index (χ2v) is 7.49. The molecule has 0 spiro atoms. The lowest BCUT2D eigenvalue weighted by molar-refractivity contribution is -0.116. The molecule has 0 aliphatic carbocycles. The lowest BCUT2D eigenvalue weighted by Crippen LogP contribution is -2.14. The van der Waals surface area contributed by atoms with Crippen LogP contribution in [0.1, 0.15) is 36.4 Å². The highest BCUT2D eigenvalue weighted by Crippen LogP contribution is 2.25. The standard InChI is InChI=1S/C18H20ClNO3S/c1-12(2)11-23-15-6-4-3-5-13(15)20-18(22)10-7-14(21)16-8-9-17(19)24-16/h3-6,8-9,12H,7,10-11H2,1-2H3,(H,20,22). The molecule has 1 N–H and O–H groups in total. The van der Waals surface area contributed by atoms with Gasteiger partial charge in [-0.15, -0.1) is 11.3 Å². The number of halogens is 1.